The molecule has 0 aromatic heterocycles. The largest absolute Gasteiger partial charge is 0.322 e. The second kappa shape index (κ2) is 5.80. The number of carbonyl (C=O) groups is 1. The summed E-state index contributed by atoms with van der Waals surface area (Å²) in [7, 11) is 0. The second-order valence-corrected chi connectivity index (χ2v) is 5.94. The summed E-state index contributed by atoms with van der Waals surface area (Å²) < 4.78 is 1.09. The quantitative estimate of drug-likeness (QED) is 0.830. The van der Waals surface area contributed by atoms with Gasteiger partial charge in [-0.2, -0.15) is 0 Å². The van der Waals surface area contributed by atoms with Crippen LogP contribution in [-0.2, 0) is 0 Å². The van der Waals surface area contributed by atoms with Crippen LogP contribution in [0.3, 0.4) is 0 Å². The van der Waals surface area contributed by atoms with Gasteiger partial charge in [-0.3, -0.25) is 4.79 Å². The highest BCUT2D eigenvalue weighted by Crippen LogP contribution is 2.25. The second-order valence-electron chi connectivity index (χ2n) is 5.14. The Balaban J connectivity index is 2.33. The molecule has 0 unspecified atom stereocenters. The van der Waals surface area contributed by atoms with Crippen LogP contribution in [0.4, 0.5) is 5.69 Å². The Morgan fingerprint density at radius 3 is 1.95 bits per heavy atom. The van der Waals surface area contributed by atoms with Gasteiger partial charge in [-0.25, -0.2) is 0 Å². The molecule has 3 heteroatoms. The molecule has 1 N–H and O–H groups in total. The predicted octanol–water partition coefficient (Wildman–Crippen LogP) is 4.94. The fraction of sp³-hybridized carbons (Fsp3) is 0.235. The first-order chi connectivity index (χ1) is 9.40. The first-order valence-corrected chi connectivity index (χ1v) is 7.33. The smallest absolute Gasteiger partial charge is 0.256 e. The van der Waals surface area contributed by atoms with Crippen LogP contribution in [0.25, 0.3) is 0 Å². The zero-order chi connectivity index (χ0) is 14.9. The number of amides is 1. The number of halogens is 1. The molecule has 0 saturated heterocycles. The average molecular weight is 332 g/mol. The van der Waals surface area contributed by atoms with Gasteiger partial charge in [-0.1, -0.05) is 34.1 Å². The molecular weight excluding hydrogens is 314 g/mol. The van der Waals surface area contributed by atoms with Gasteiger partial charge >= 0.3 is 0 Å². The van der Waals surface area contributed by atoms with Gasteiger partial charge in [0.15, 0.2) is 0 Å². The Bertz CT molecular complexity index is 633. The van der Waals surface area contributed by atoms with E-state index in [2.05, 4.69) is 21.2 Å². The number of anilines is 1. The molecule has 1 amide bonds. The van der Waals surface area contributed by atoms with Crippen LogP contribution < -0.4 is 5.32 Å². The third-order valence-corrected chi connectivity index (χ3v) is 4.65. The van der Waals surface area contributed by atoms with E-state index in [4.69, 9.17) is 0 Å². The molecule has 0 heterocycles. The third kappa shape index (κ3) is 2.93. The lowest BCUT2D eigenvalue weighted by Crippen LogP contribution is -2.15. The van der Waals surface area contributed by atoms with Crippen molar-refractivity contribution in [2.24, 2.45) is 0 Å². The molecule has 0 aliphatic rings. The van der Waals surface area contributed by atoms with Crippen LogP contribution in [0, 0.1) is 27.7 Å². The van der Waals surface area contributed by atoms with E-state index in [1.54, 1.807) is 0 Å². The van der Waals surface area contributed by atoms with Crippen molar-refractivity contribution < 1.29 is 4.79 Å². The summed E-state index contributed by atoms with van der Waals surface area (Å²) in [6, 6.07) is 9.83. The lowest BCUT2D eigenvalue weighted by molar-refractivity contribution is 0.102. The maximum Gasteiger partial charge on any atom is 0.256 e. The van der Waals surface area contributed by atoms with E-state index < -0.39 is 0 Å². The van der Waals surface area contributed by atoms with Crippen molar-refractivity contribution in [3.05, 3.63) is 62.6 Å². The molecule has 0 spiro atoms. The van der Waals surface area contributed by atoms with Crippen LogP contribution >= 0.6 is 15.9 Å². The molecule has 0 bridgehead atoms. The van der Waals surface area contributed by atoms with E-state index in [0.717, 1.165) is 38.0 Å². The lowest BCUT2D eigenvalue weighted by Gasteiger charge is -2.12. The molecule has 2 aromatic rings. The maximum atomic E-state index is 12.4. The van der Waals surface area contributed by atoms with Gasteiger partial charge in [-0.05, 0) is 62.1 Å². The monoisotopic (exact) mass is 331 g/mol. The molecule has 0 radical (unpaired) electrons. The highest BCUT2D eigenvalue weighted by Gasteiger charge is 2.12. The van der Waals surface area contributed by atoms with Gasteiger partial charge in [-0.15, -0.1) is 0 Å². The first-order valence-electron chi connectivity index (χ1n) is 6.54. The fourth-order valence-electron chi connectivity index (χ4n) is 2.38. The molecule has 0 aliphatic carbocycles. The van der Waals surface area contributed by atoms with E-state index in [1.807, 2.05) is 58.0 Å². The minimum Gasteiger partial charge on any atom is -0.322 e. The van der Waals surface area contributed by atoms with Crippen molar-refractivity contribution in [3.8, 4) is 0 Å². The normalized spacial score (nSPS) is 10.4. The number of rotatable bonds is 2. The zero-order valence-corrected chi connectivity index (χ0v) is 13.8. The van der Waals surface area contributed by atoms with Crippen LogP contribution in [0.2, 0.25) is 0 Å². The van der Waals surface area contributed by atoms with Crippen LogP contribution in [-0.4, -0.2) is 5.91 Å². The van der Waals surface area contributed by atoms with E-state index in [-0.39, 0.29) is 5.91 Å². The molecule has 0 saturated carbocycles. The average Bonchev–Trinajstić information content (AvgIpc) is 2.35. The van der Waals surface area contributed by atoms with Crippen LogP contribution in [0.1, 0.15) is 32.6 Å². The molecule has 2 aromatic carbocycles. The van der Waals surface area contributed by atoms with Crippen molar-refractivity contribution >= 4 is 27.5 Å². The van der Waals surface area contributed by atoms with E-state index >= 15 is 0 Å². The number of hydrogen-bond donors (Lipinski definition) is 1. The summed E-state index contributed by atoms with van der Waals surface area (Å²) >= 11 is 3.53. The summed E-state index contributed by atoms with van der Waals surface area (Å²) in [5.41, 5.74) is 5.80. The Labute approximate surface area is 128 Å². The summed E-state index contributed by atoms with van der Waals surface area (Å²) in [6.07, 6.45) is 0. The Morgan fingerprint density at radius 1 is 0.950 bits per heavy atom. The van der Waals surface area contributed by atoms with E-state index in [1.165, 1.54) is 0 Å². The molecule has 0 aliphatic heterocycles. The molecule has 0 atom stereocenters. The summed E-state index contributed by atoms with van der Waals surface area (Å²) in [6.45, 7) is 7.96. The zero-order valence-electron chi connectivity index (χ0n) is 12.2. The van der Waals surface area contributed by atoms with Crippen molar-refractivity contribution in [1.82, 2.24) is 0 Å². The number of aryl methyl sites for hydroxylation is 4. The molecule has 2 nitrogen and oxygen atoms in total. The maximum absolute atomic E-state index is 12.4. The lowest BCUT2D eigenvalue weighted by atomic mass is 10.0. The first kappa shape index (κ1) is 14.8. The minimum atomic E-state index is -0.0540. The summed E-state index contributed by atoms with van der Waals surface area (Å²) in [5, 5.41) is 2.99. The topological polar surface area (TPSA) is 29.1 Å². The Hall–Kier alpha value is -1.61. The third-order valence-electron chi connectivity index (χ3n) is 3.40. The van der Waals surface area contributed by atoms with Gasteiger partial charge in [0.05, 0.1) is 0 Å². The van der Waals surface area contributed by atoms with Crippen molar-refractivity contribution in [1.29, 1.82) is 0 Å². The van der Waals surface area contributed by atoms with Gasteiger partial charge in [0.25, 0.3) is 5.91 Å². The Morgan fingerprint density at radius 2 is 1.45 bits per heavy atom. The van der Waals surface area contributed by atoms with Crippen LogP contribution in [0.15, 0.2) is 34.8 Å². The van der Waals surface area contributed by atoms with Crippen LogP contribution in [0.5, 0.6) is 0 Å². The van der Waals surface area contributed by atoms with Crippen molar-refractivity contribution in [3.63, 3.8) is 0 Å². The van der Waals surface area contributed by atoms with E-state index in [0.29, 0.717) is 0 Å². The summed E-state index contributed by atoms with van der Waals surface area (Å²) in [4.78, 5) is 12.4. The van der Waals surface area contributed by atoms with Crippen molar-refractivity contribution in [2.45, 2.75) is 27.7 Å². The number of hydrogen-bond acceptors (Lipinski definition) is 1. The standard InChI is InChI=1S/C17H18BrNO/c1-10-6-5-7-11(2)15(10)17(20)19-14-8-12(3)16(18)13(4)9-14/h5-9H,1-4H3,(H,19,20). The van der Waals surface area contributed by atoms with Crippen molar-refractivity contribution in [2.75, 3.05) is 5.32 Å². The van der Waals surface area contributed by atoms with Gasteiger partial charge in [0.2, 0.25) is 0 Å². The Kier molecular flexibility index (Phi) is 4.29. The molecule has 2 rings (SSSR count). The van der Waals surface area contributed by atoms with E-state index in [9.17, 15) is 4.79 Å². The molecule has 0 fully saturated rings. The summed E-state index contributed by atoms with van der Waals surface area (Å²) in [5.74, 6) is -0.0540. The number of carbonyl (C=O) groups excluding carboxylic acids is 1. The van der Waals surface area contributed by atoms with Gasteiger partial charge < -0.3 is 5.32 Å². The van der Waals surface area contributed by atoms with Gasteiger partial charge in [0.1, 0.15) is 0 Å². The highest BCUT2D eigenvalue weighted by molar-refractivity contribution is 9.10. The number of nitrogens with one attached hydrogen (secondary N) is 1. The highest BCUT2D eigenvalue weighted by atomic mass is 79.9. The fourth-order valence-corrected chi connectivity index (χ4v) is 2.61. The number of benzene rings is 2. The molecular formula is C17H18BrNO. The predicted molar refractivity (Wildman–Crippen MR) is 87.5 cm³/mol. The van der Waals surface area contributed by atoms with Gasteiger partial charge in [0, 0.05) is 15.7 Å². The minimum absolute atomic E-state index is 0.0540. The molecule has 104 valence electrons. The molecule has 20 heavy (non-hydrogen) atoms. The SMILES string of the molecule is Cc1cc(NC(=O)c2c(C)cccc2C)cc(C)c1Br.